The number of benzene rings is 2. The molecule has 0 N–H and O–H groups in total. The second kappa shape index (κ2) is 7.46. The predicted octanol–water partition coefficient (Wildman–Crippen LogP) is 3.30. The van der Waals surface area contributed by atoms with Crippen molar-refractivity contribution in [1.29, 1.82) is 0 Å². The van der Waals surface area contributed by atoms with E-state index < -0.39 is 27.6 Å². The van der Waals surface area contributed by atoms with Crippen molar-refractivity contribution in [3.8, 4) is 0 Å². The van der Waals surface area contributed by atoms with E-state index in [0.717, 1.165) is 17.9 Å². The highest BCUT2D eigenvalue weighted by atomic mass is 35.5. The molecule has 3 rings (SSSR count). The number of nitrogens with zero attached hydrogens (tertiary/aromatic N) is 1. The van der Waals surface area contributed by atoms with Crippen LogP contribution in [0.25, 0.3) is 0 Å². The largest absolute Gasteiger partial charge is 0.445 e. The average molecular weight is 414 g/mol. The molecule has 0 saturated carbocycles. The SMILES string of the molecule is CS(=O)(=O)OC1(c2ccc(Cl)c(F)c2)CN(C(=O)OCc2ccccc2)C1. The fraction of sp³-hybridized carbons (Fsp3) is 0.278. The van der Waals surface area contributed by atoms with Crippen molar-refractivity contribution in [2.24, 2.45) is 0 Å². The van der Waals surface area contributed by atoms with Crippen molar-refractivity contribution in [2.45, 2.75) is 12.2 Å². The highest BCUT2D eigenvalue weighted by Crippen LogP contribution is 2.38. The molecule has 1 aliphatic heterocycles. The summed E-state index contributed by atoms with van der Waals surface area (Å²) in [7, 11) is -3.85. The van der Waals surface area contributed by atoms with Crippen LogP contribution in [-0.2, 0) is 31.2 Å². The van der Waals surface area contributed by atoms with Crippen molar-refractivity contribution in [3.63, 3.8) is 0 Å². The molecule has 1 aliphatic rings. The summed E-state index contributed by atoms with van der Waals surface area (Å²) in [4.78, 5) is 13.5. The van der Waals surface area contributed by atoms with Crippen molar-refractivity contribution in [2.75, 3.05) is 19.3 Å². The first-order valence-corrected chi connectivity index (χ1v) is 10.2. The first-order valence-electron chi connectivity index (χ1n) is 8.00. The molecule has 27 heavy (non-hydrogen) atoms. The smallest absolute Gasteiger partial charge is 0.410 e. The van der Waals surface area contributed by atoms with Gasteiger partial charge in [0.05, 0.1) is 24.4 Å². The molecule has 0 spiro atoms. The van der Waals surface area contributed by atoms with Gasteiger partial charge < -0.3 is 9.64 Å². The zero-order valence-corrected chi connectivity index (χ0v) is 16.0. The summed E-state index contributed by atoms with van der Waals surface area (Å²) in [6.45, 7) is -0.0881. The number of rotatable bonds is 5. The first-order chi connectivity index (χ1) is 12.7. The molecule has 6 nitrogen and oxygen atoms in total. The summed E-state index contributed by atoms with van der Waals surface area (Å²) in [5.74, 6) is -0.698. The van der Waals surface area contributed by atoms with Crippen LogP contribution in [-0.4, -0.2) is 38.8 Å². The lowest BCUT2D eigenvalue weighted by molar-refractivity contribution is -0.0714. The number of ether oxygens (including phenoxy) is 1. The second-order valence-corrected chi connectivity index (χ2v) is 8.29. The molecule has 0 bridgehead atoms. The monoisotopic (exact) mass is 413 g/mol. The van der Waals surface area contributed by atoms with E-state index in [0.29, 0.717) is 0 Å². The zero-order chi connectivity index (χ0) is 19.7. The van der Waals surface area contributed by atoms with Gasteiger partial charge in [0.15, 0.2) is 0 Å². The topological polar surface area (TPSA) is 72.9 Å². The maximum atomic E-state index is 13.8. The maximum absolute atomic E-state index is 13.8. The number of carbonyl (C=O) groups excluding carboxylic acids is 1. The molecular weight excluding hydrogens is 397 g/mol. The molecule has 0 aromatic heterocycles. The average Bonchev–Trinajstić information content (AvgIpc) is 2.58. The number of hydrogen-bond donors (Lipinski definition) is 0. The standard InChI is InChI=1S/C18H17ClFNO5S/c1-27(23,24)26-18(14-7-8-15(19)16(20)9-14)11-21(12-18)17(22)25-10-13-5-3-2-4-6-13/h2-9H,10-12H2,1H3. The number of amides is 1. The molecule has 0 unspecified atom stereocenters. The van der Waals surface area contributed by atoms with Crippen LogP contribution in [0, 0.1) is 5.82 Å². The third kappa shape index (κ3) is 4.58. The van der Waals surface area contributed by atoms with Crippen LogP contribution >= 0.6 is 11.6 Å². The Bertz CT molecular complexity index is 945. The molecule has 0 aliphatic carbocycles. The van der Waals surface area contributed by atoms with Crippen molar-refractivity contribution >= 4 is 27.8 Å². The minimum Gasteiger partial charge on any atom is -0.445 e. The normalized spacial score (nSPS) is 15.9. The number of halogens is 2. The zero-order valence-electron chi connectivity index (χ0n) is 14.4. The van der Waals surface area contributed by atoms with Crippen LogP contribution in [0.4, 0.5) is 9.18 Å². The van der Waals surface area contributed by atoms with Crippen LogP contribution in [0.3, 0.4) is 0 Å². The molecular formula is C18H17ClFNO5S. The first kappa shape index (κ1) is 19.6. The van der Waals surface area contributed by atoms with E-state index >= 15 is 0 Å². The van der Waals surface area contributed by atoms with Gasteiger partial charge in [-0.25, -0.2) is 9.18 Å². The second-order valence-electron chi connectivity index (χ2n) is 6.31. The Morgan fingerprint density at radius 1 is 1.22 bits per heavy atom. The van der Waals surface area contributed by atoms with Crippen molar-refractivity contribution in [3.05, 3.63) is 70.5 Å². The van der Waals surface area contributed by atoms with E-state index in [9.17, 15) is 17.6 Å². The summed E-state index contributed by atoms with van der Waals surface area (Å²) in [6.07, 6.45) is 0.290. The fourth-order valence-electron chi connectivity index (χ4n) is 2.86. The maximum Gasteiger partial charge on any atom is 0.410 e. The summed E-state index contributed by atoms with van der Waals surface area (Å²) >= 11 is 5.69. The van der Waals surface area contributed by atoms with Gasteiger partial charge in [-0.3, -0.25) is 4.18 Å². The third-order valence-electron chi connectivity index (χ3n) is 4.11. The summed E-state index contributed by atoms with van der Waals surface area (Å²) in [5, 5.41) is -0.0910. The van der Waals surface area contributed by atoms with Gasteiger partial charge >= 0.3 is 6.09 Å². The van der Waals surface area contributed by atoms with Gasteiger partial charge in [0.1, 0.15) is 18.0 Å². The molecule has 1 saturated heterocycles. The minimum absolute atomic E-state index is 0.0885. The van der Waals surface area contributed by atoms with Gasteiger partial charge in [-0.1, -0.05) is 48.0 Å². The Labute approximate surface area is 161 Å². The van der Waals surface area contributed by atoms with E-state index in [1.807, 2.05) is 30.3 Å². The Hall–Kier alpha value is -2.16. The van der Waals surface area contributed by atoms with E-state index in [1.54, 1.807) is 0 Å². The Balaban J connectivity index is 1.72. The van der Waals surface area contributed by atoms with Gasteiger partial charge in [0.25, 0.3) is 10.1 Å². The lowest BCUT2D eigenvalue weighted by Crippen LogP contribution is -2.63. The fourth-order valence-corrected chi connectivity index (χ4v) is 3.76. The van der Waals surface area contributed by atoms with Gasteiger partial charge in [0, 0.05) is 0 Å². The molecule has 0 radical (unpaired) electrons. The van der Waals surface area contributed by atoms with E-state index in [-0.39, 0.29) is 30.3 Å². The number of likely N-dealkylation sites (tertiary alicyclic amines) is 1. The van der Waals surface area contributed by atoms with E-state index in [4.69, 9.17) is 20.5 Å². The summed E-state index contributed by atoms with van der Waals surface area (Å²) in [5.41, 5.74) is -0.267. The van der Waals surface area contributed by atoms with Crippen LogP contribution < -0.4 is 0 Å². The molecule has 1 fully saturated rings. The minimum atomic E-state index is -3.85. The van der Waals surface area contributed by atoms with E-state index in [1.165, 1.54) is 17.0 Å². The van der Waals surface area contributed by atoms with E-state index in [2.05, 4.69) is 0 Å². The van der Waals surface area contributed by atoms with Gasteiger partial charge in [-0.2, -0.15) is 8.42 Å². The van der Waals surface area contributed by atoms with Crippen molar-refractivity contribution in [1.82, 2.24) is 4.90 Å². The van der Waals surface area contributed by atoms with Gasteiger partial charge in [-0.05, 0) is 23.3 Å². The Kier molecular flexibility index (Phi) is 5.41. The molecule has 0 atom stereocenters. The predicted molar refractivity (Wildman–Crippen MR) is 97.2 cm³/mol. The summed E-state index contributed by atoms with van der Waals surface area (Å²) < 4.78 is 47.6. The Morgan fingerprint density at radius 3 is 2.48 bits per heavy atom. The molecule has 1 heterocycles. The molecule has 1 amide bonds. The molecule has 144 valence electrons. The van der Waals surface area contributed by atoms with Gasteiger partial charge in [0.2, 0.25) is 0 Å². The highest BCUT2D eigenvalue weighted by molar-refractivity contribution is 7.86. The van der Waals surface area contributed by atoms with Crippen molar-refractivity contribution < 1.29 is 26.5 Å². The highest BCUT2D eigenvalue weighted by Gasteiger charge is 2.51. The van der Waals surface area contributed by atoms with Crippen LogP contribution in [0.2, 0.25) is 5.02 Å². The van der Waals surface area contributed by atoms with Crippen LogP contribution in [0.15, 0.2) is 48.5 Å². The number of hydrogen-bond acceptors (Lipinski definition) is 5. The third-order valence-corrected chi connectivity index (χ3v) is 5.04. The number of carbonyl (C=O) groups is 1. The lowest BCUT2D eigenvalue weighted by atomic mass is 9.86. The summed E-state index contributed by atoms with van der Waals surface area (Å²) in [6, 6.07) is 13.0. The Morgan fingerprint density at radius 2 is 1.89 bits per heavy atom. The quantitative estimate of drug-likeness (QED) is 0.703. The van der Waals surface area contributed by atoms with Crippen LogP contribution in [0.1, 0.15) is 11.1 Å². The molecule has 2 aromatic rings. The lowest BCUT2D eigenvalue weighted by Gasteiger charge is -2.48. The molecule has 2 aromatic carbocycles. The van der Waals surface area contributed by atoms with Gasteiger partial charge in [-0.15, -0.1) is 0 Å². The van der Waals surface area contributed by atoms with Crippen LogP contribution in [0.5, 0.6) is 0 Å². The molecule has 9 heteroatoms.